The molecule has 0 radical (unpaired) electrons. The van der Waals surface area contributed by atoms with Gasteiger partial charge in [-0.25, -0.2) is 0 Å². The van der Waals surface area contributed by atoms with Gasteiger partial charge in [-0.3, -0.25) is 10.9 Å². The zero-order valence-electron chi connectivity index (χ0n) is 11.6. The Kier molecular flexibility index (Phi) is 3.51. The molecule has 3 rings (SSSR count). The summed E-state index contributed by atoms with van der Waals surface area (Å²) in [6, 6.07) is 0. The van der Waals surface area contributed by atoms with Crippen LogP contribution in [0.15, 0.2) is 71.5 Å². The van der Waals surface area contributed by atoms with Crippen LogP contribution in [0.5, 0.6) is 0 Å². The summed E-state index contributed by atoms with van der Waals surface area (Å²) in [5, 5.41) is 42.5. The lowest BCUT2D eigenvalue weighted by atomic mass is 10.1. The highest BCUT2D eigenvalue weighted by atomic mass is 16.8. The Hall–Kier alpha value is -3.62. The molecule has 0 spiro atoms. The predicted octanol–water partition coefficient (Wildman–Crippen LogP) is 0.684. The number of hydrazine groups is 1. The number of allylic oxidation sites excluding steroid dienone is 10. The molecule has 0 bridgehead atoms. The lowest BCUT2D eigenvalue weighted by Gasteiger charge is -2.09. The van der Waals surface area contributed by atoms with Crippen molar-refractivity contribution in [2.75, 3.05) is 0 Å². The van der Waals surface area contributed by atoms with Crippen LogP contribution in [0, 0.1) is 20.8 Å². The second-order valence-electron chi connectivity index (χ2n) is 4.62. The maximum atomic E-state index is 10.6. The van der Waals surface area contributed by atoms with Crippen molar-refractivity contribution >= 4 is 11.4 Å². The SMILES string of the molecule is [O-][N+]([O-])=C1C=CC(=C2NNC(=C3C=CC(=[N+]([O-])[O-])C=C3)O2)C=C1. The lowest BCUT2D eigenvalue weighted by molar-refractivity contribution is -0.377. The molecule has 9 nitrogen and oxygen atoms in total. The summed E-state index contributed by atoms with van der Waals surface area (Å²) in [6.07, 6.45) is 11.7. The van der Waals surface area contributed by atoms with E-state index in [0.717, 1.165) is 0 Å². The Morgan fingerprint density at radius 3 is 1.26 bits per heavy atom. The van der Waals surface area contributed by atoms with Crippen LogP contribution in [0.4, 0.5) is 0 Å². The minimum atomic E-state index is -0.482. The van der Waals surface area contributed by atoms with Gasteiger partial charge in [-0.05, 0) is 24.3 Å². The molecule has 0 saturated carbocycles. The van der Waals surface area contributed by atoms with Crippen molar-refractivity contribution in [3.8, 4) is 0 Å². The van der Waals surface area contributed by atoms with Crippen LogP contribution in [-0.4, -0.2) is 21.2 Å². The number of rotatable bonds is 0. The van der Waals surface area contributed by atoms with E-state index in [-0.39, 0.29) is 11.4 Å². The largest absolute Gasteiger partial charge is 0.612 e. The van der Waals surface area contributed by atoms with Crippen molar-refractivity contribution in [1.29, 1.82) is 0 Å². The van der Waals surface area contributed by atoms with E-state index in [1.54, 1.807) is 24.3 Å². The van der Waals surface area contributed by atoms with Crippen LogP contribution in [0.1, 0.15) is 0 Å². The summed E-state index contributed by atoms with van der Waals surface area (Å²) in [4.78, 5) is -0.964. The van der Waals surface area contributed by atoms with Crippen molar-refractivity contribution in [3.05, 3.63) is 92.3 Å². The molecule has 0 aromatic rings. The van der Waals surface area contributed by atoms with Crippen LogP contribution < -0.4 is 10.9 Å². The smallest absolute Gasteiger partial charge is 0.222 e. The maximum absolute atomic E-state index is 10.6. The van der Waals surface area contributed by atoms with E-state index in [9.17, 15) is 20.8 Å². The van der Waals surface area contributed by atoms with E-state index in [0.29, 0.717) is 22.9 Å². The summed E-state index contributed by atoms with van der Waals surface area (Å²) in [6.45, 7) is 0. The Labute approximate surface area is 130 Å². The molecular weight excluding hydrogens is 304 g/mol. The van der Waals surface area contributed by atoms with Gasteiger partial charge < -0.3 is 25.6 Å². The minimum absolute atomic E-state index is 0.0140. The molecule has 9 heteroatoms. The zero-order valence-corrected chi connectivity index (χ0v) is 11.6. The number of nitrogens with zero attached hydrogens (tertiary/aromatic N) is 2. The normalized spacial score (nSPS) is 19.0. The van der Waals surface area contributed by atoms with Gasteiger partial charge in [0.1, 0.15) is 0 Å². The molecule has 2 aliphatic carbocycles. The Balaban J connectivity index is 1.81. The fourth-order valence-electron chi connectivity index (χ4n) is 2.00. The number of ether oxygens (including phenoxy) is 1. The van der Waals surface area contributed by atoms with Crippen LogP contribution in [0.2, 0.25) is 0 Å². The molecule has 1 saturated heterocycles. The van der Waals surface area contributed by atoms with Gasteiger partial charge in [0.15, 0.2) is 0 Å². The van der Waals surface area contributed by atoms with E-state index in [1.165, 1.54) is 24.3 Å². The Morgan fingerprint density at radius 2 is 0.957 bits per heavy atom. The first-order valence-electron chi connectivity index (χ1n) is 6.48. The minimum Gasteiger partial charge on any atom is -0.612 e. The van der Waals surface area contributed by atoms with E-state index in [2.05, 4.69) is 10.9 Å². The van der Waals surface area contributed by atoms with Crippen molar-refractivity contribution in [3.63, 3.8) is 0 Å². The van der Waals surface area contributed by atoms with Crippen molar-refractivity contribution in [1.82, 2.24) is 10.9 Å². The van der Waals surface area contributed by atoms with Gasteiger partial charge in [-0.15, -0.1) is 0 Å². The van der Waals surface area contributed by atoms with Gasteiger partial charge in [0, 0.05) is 35.5 Å². The molecule has 0 aromatic carbocycles. The molecular formula is C14H10N4O5-2. The highest BCUT2D eigenvalue weighted by molar-refractivity contribution is 6.03. The zero-order chi connectivity index (χ0) is 16.4. The first kappa shape index (κ1) is 14.3. The van der Waals surface area contributed by atoms with Gasteiger partial charge in [0.05, 0.1) is 0 Å². The Bertz CT molecular complexity index is 686. The third-order valence-electron chi connectivity index (χ3n) is 3.17. The second kappa shape index (κ2) is 5.64. The Morgan fingerprint density at radius 1 is 0.609 bits per heavy atom. The highest BCUT2D eigenvalue weighted by Gasteiger charge is 2.20. The van der Waals surface area contributed by atoms with Crippen molar-refractivity contribution in [2.24, 2.45) is 0 Å². The first-order chi connectivity index (χ1) is 11.0. The summed E-state index contributed by atoms with van der Waals surface area (Å²) < 4.78 is 5.61. The van der Waals surface area contributed by atoms with Crippen LogP contribution >= 0.6 is 0 Å². The number of nitrogens with one attached hydrogen (secondary N) is 2. The fraction of sp³-hybridized carbons (Fsp3) is 0. The van der Waals surface area contributed by atoms with Gasteiger partial charge in [-0.2, -0.15) is 9.80 Å². The molecule has 3 aliphatic rings. The molecule has 0 aromatic heterocycles. The predicted molar refractivity (Wildman–Crippen MR) is 82.0 cm³/mol. The van der Waals surface area contributed by atoms with Crippen LogP contribution in [0.25, 0.3) is 0 Å². The lowest BCUT2D eigenvalue weighted by Crippen LogP contribution is -2.21. The summed E-state index contributed by atoms with van der Waals surface area (Å²) in [5.74, 6) is 0.765. The van der Waals surface area contributed by atoms with E-state index in [4.69, 9.17) is 4.74 Å². The van der Waals surface area contributed by atoms with Crippen molar-refractivity contribution in [2.45, 2.75) is 0 Å². The molecule has 0 atom stereocenters. The van der Waals surface area contributed by atoms with Gasteiger partial charge in [0.25, 0.3) is 0 Å². The molecule has 118 valence electrons. The van der Waals surface area contributed by atoms with E-state index < -0.39 is 9.80 Å². The molecule has 0 unspecified atom stereocenters. The first-order valence-corrected chi connectivity index (χ1v) is 6.48. The second-order valence-corrected chi connectivity index (χ2v) is 4.62. The van der Waals surface area contributed by atoms with Gasteiger partial charge >= 0.3 is 0 Å². The average molecular weight is 314 g/mol. The van der Waals surface area contributed by atoms with Gasteiger partial charge in [0.2, 0.25) is 23.2 Å². The summed E-state index contributed by atoms with van der Waals surface area (Å²) >= 11 is 0. The van der Waals surface area contributed by atoms with Crippen LogP contribution in [-0.2, 0) is 4.74 Å². The summed E-state index contributed by atoms with van der Waals surface area (Å²) in [7, 11) is 0. The number of hydrogen-bond acceptors (Lipinski definition) is 7. The topological polar surface area (TPSA) is 132 Å². The fourth-order valence-corrected chi connectivity index (χ4v) is 2.00. The van der Waals surface area contributed by atoms with E-state index in [1.807, 2.05) is 0 Å². The molecule has 1 aliphatic heterocycles. The third kappa shape index (κ3) is 2.88. The molecule has 2 N–H and O–H groups in total. The summed E-state index contributed by atoms with van der Waals surface area (Å²) in [5.41, 5.74) is 6.84. The molecule has 1 fully saturated rings. The molecule has 1 heterocycles. The quantitative estimate of drug-likeness (QED) is 0.496. The third-order valence-corrected chi connectivity index (χ3v) is 3.17. The maximum Gasteiger partial charge on any atom is 0.222 e. The van der Waals surface area contributed by atoms with E-state index >= 15 is 0 Å². The number of hydrogen-bond donors (Lipinski definition) is 2. The van der Waals surface area contributed by atoms with Crippen molar-refractivity contribution < 1.29 is 14.5 Å². The highest BCUT2D eigenvalue weighted by Crippen LogP contribution is 2.21. The van der Waals surface area contributed by atoms with Crippen LogP contribution in [0.3, 0.4) is 0 Å². The average Bonchev–Trinajstić information content (AvgIpc) is 3.05. The molecule has 0 amide bonds. The molecule has 23 heavy (non-hydrogen) atoms. The monoisotopic (exact) mass is 314 g/mol. The standard InChI is InChI=1S/C14H10N4O5/c19-17(20)11-5-1-9(2-6-11)13-15-16-14(23-13)10-3-7-12(8-4-10)18(21)22/h1-8,15-16H/q-2. The van der Waals surface area contributed by atoms with Gasteiger partial charge in [-0.1, -0.05) is 0 Å².